The maximum atomic E-state index is 13.4. The number of benzene rings is 3. The number of likely N-dealkylation sites (N-methyl/N-ethyl adjacent to an activating group) is 1. The summed E-state index contributed by atoms with van der Waals surface area (Å²) in [6, 6.07) is 23.1. The van der Waals surface area contributed by atoms with E-state index in [1.54, 1.807) is 24.5 Å². The fourth-order valence-electron chi connectivity index (χ4n) is 6.82. The van der Waals surface area contributed by atoms with Crippen LogP contribution in [-0.2, 0) is 9.59 Å². The van der Waals surface area contributed by atoms with Gasteiger partial charge in [-0.2, -0.15) is 5.10 Å². The molecule has 13 nitrogen and oxygen atoms in total. The van der Waals surface area contributed by atoms with E-state index in [1.807, 2.05) is 72.4 Å². The minimum atomic E-state index is -0.212. The van der Waals surface area contributed by atoms with Crippen molar-refractivity contribution in [3.05, 3.63) is 90.8 Å². The van der Waals surface area contributed by atoms with E-state index in [9.17, 15) is 14.4 Å². The van der Waals surface area contributed by atoms with E-state index in [4.69, 9.17) is 0 Å². The predicted molar refractivity (Wildman–Crippen MR) is 202 cm³/mol. The van der Waals surface area contributed by atoms with E-state index in [0.29, 0.717) is 68.5 Å². The smallest absolute Gasteiger partial charge is 0.251 e. The number of H-pyrrole nitrogens is 1. The highest BCUT2D eigenvalue weighted by Gasteiger charge is 2.31. The highest BCUT2D eigenvalue weighted by atomic mass is 16.2. The van der Waals surface area contributed by atoms with Gasteiger partial charge in [0, 0.05) is 91.7 Å². The zero-order valence-corrected chi connectivity index (χ0v) is 29.6. The molecule has 3 aromatic carbocycles. The van der Waals surface area contributed by atoms with Crippen LogP contribution in [0.3, 0.4) is 0 Å². The third kappa shape index (κ3) is 8.11. The second-order valence-electron chi connectivity index (χ2n) is 13.7. The van der Waals surface area contributed by atoms with E-state index < -0.39 is 0 Å². The van der Waals surface area contributed by atoms with Gasteiger partial charge < -0.3 is 25.3 Å². The van der Waals surface area contributed by atoms with Crippen molar-refractivity contribution in [2.24, 2.45) is 5.92 Å². The Labute approximate surface area is 303 Å². The summed E-state index contributed by atoms with van der Waals surface area (Å²) in [5.74, 6) is 0.396. The lowest BCUT2D eigenvalue weighted by atomic mass is 10.0. The van der Waals surface area contributed by atoms with Crippen LogP contribution in [0.15, 0.2) is 85.2 Å². The van der Waals surface area contributed by atoms with E-state index in [1.165, 1.54) is 0 Å². The molecule has 2 saturated heterocycles. The van der Waals surface area contributed by atoms with Crippen LogP contribution in [0.1, 0.15) is 16.8 Å². The third-order valence-corrected chi connectivity index (χ3v) is 9.76. The Hall–Kier alpha value is -5.66. The molecule has 4 heterocycles. The first-order valence-electron chi connectivity index (χ1n) is 17.8. The topological polar surface area (TPSA) is 143 Å². The molecule has 7 rings (SSSR count). The summed E-state index contributed by atoms with van der Waals surface area (Å²) in [7, 11) is 3.93. The largest absolute Gasteiger partial charge is 0.368 e. The molecule has 52 heavy (non-hydrogen) atoms. The van der Waals surface area contributed by atoms with Crippen LogP contribution < -0.4 is 15.5 Å². The average molecular weight is 701 g/mol. The van der Waals surface area contributed by atoms with Crippen molar-refractivity contribution in [3.8, 4) is 22.6 Å². The second kappa shape index (κ2) is 15.7. The Morgan fingerprint density at radius 3 is 2.44 bits per heavy atom. The number of hydrogen-bond donors (Lipinski definition) is 3. The van der Waals surface area contributed by atoms with E-state index >= 15 is 0 Å². The Morgan fingerprint density at radius 1 is 0.885 bits per heavy atom. The molecule has 0 spiro atoms. The van der Waals surface area contributed by atoms with Crippen LogP contribution >= 0.6 is 0 Å². The normalized spacial score (nSPS) is 16.4. The zero-order valence-electron chi connectivity index (χ0n) is 29.6. The van der Waals surface area contributed by atoms with Gasteiger partial charge in [-0.3, -0.25) is 24.4 Å². The molecule has 2 aliphatic heterocycles. The molecule has 3 N–H and O–H groups in total. The van der Waals surface area contributed by atoms with Crippen molar-refractivity contribution in [2.45, 2.75) is 6.42 Å². The van der Waals surface area contributed by atoms with E-state index in [-0.39, 0.29) is 23.6 Å². The highest BCUT2D eigenvalue weighted by molar-refractivity contribution is 6.00. The Morgan fingerprint density at radius 2 is 1.67 bits per heavy atom. The monoisotopic (exact) mass is 700 g/mol. The van der Waals surface area contributed by atoms with Crippen molar-refractivity contribution in [3.63, 3.8) is 0 Å². The lowest BCUT2D eigenvalue weighted by molar-refractivity contribution is -0.132. The molecule has 13 heteroatoms. The van der Waals surface area contributed by atoms with Crippen LogP contribution in [-0.4, -0.2) is 126 Å². The van der Waals surface area contributed by atoms with Crippen LogP contribution in [0, 0.1) is 5.92 Å². The first-order chi connectivity index (χ1) is 25.3. The standard InChI is InChI=1S/C39H44N10O3/c1-46(2)18-16-42-38(51)29-6-3-5-28(23-29)36-33-24-31(9-12-34(33)44-45-36)43-39(52)30-13-17-47(25-30)26-35(50)49-21-19-48(20-22-49)32-10-7-27(8-11-32)37-40-14-4-15-41-37/h3-12,14-15,23-24,30H,13,16-22,25-26H2,1-2H3,(H,42,51)(H,43,52)(H,44,45)/t30-/m1/s1. The van der Waals surface area contributed by atoms with Crippen LogP contribution in [0.5, 0.6) is 0 Å². The van der Waals surface area contributed by atoms with Gasteiger partial charge in [0.15, 0.2) is 5.82 Å². The first-order valence-corrected chi connectivity index (χ1v) is 17.8. The van der Waals surface area contributed by atoms with Gasteiger partial charge in [0.25, 0.3) is 5.91 Å². The number of carbonyl (C=O) groups is 3. The maximum absolute atomic E-state index is 13.4. The van der Waals surface area contributed by atoms with Crippen LogP contribution in [0.2, 0.25) is 0 Å². The molecule has 0 aliphatic carbocycles. The Balaban J connectivity index is 0.901. The fourth-order valence-corrected chi connectivity index (χ4v) is 6.82. The Kier molecular flexibility index (Phi) is 10.5. The number of nitrogens with one attached hydrogen (secondary N) is 3. The number of aromatic nitrogens is 4. The van der Waals surface area contributed by atoms with Crippen LogP contribution in [0.4, 0.5) is 11.4 Å². The zero-order chi connectivity index (χ0) is 36.0. The number of piperazine rings is 1. The van der Waals surface area contributed by atoms with Crippen molar-refractivity contribution in [1.29, 1.82) is 0 Å². The molecule has 2 fully saturated rings. The van der Waals surface area contributed by atoms with Crippen molar-refractivity contribution in [1.82, 2.24) is 40.2 Å². The molecule has 0 unspecified atom stereocenters. The fraction of sp³-hybridized carbons (Fsp3) is 0.333. The molecule has 3 amide bonds. The second-order valence-corrected chi connectivity index (χ2v) is 13.7. The molecule has 268 valence electrons. The third-order valence-electron chi connectivity index (χ3n) is 9.76. The summed E-state index contributed by atoms with van der Waals surface area (Å²) in [4.78, 5) is 56.4. The molecule has 2 aliphatic rings. The number of hydrogen-bond acceptors (Lipinski definition) is 9. The molecule has 1 atom stereocenters. The molecule has 0 radical (unpaired) electrons. The number of likely N-dealkylation sites (tertiary alicyclic amines) is 1. The highest BCUT2D eigenvalue weighted by Crippen LogP contribution is 2.30. The molecule has 0 saturated carbocycles. The van der Waals surface area contributed by atoms with Crippen LogP contribution in [0.25, 0.3) is 33.5 Å². The van der Waals surface area contributed by atoms with Crippen molar-refractivity contribution in [2.75, 3.05) is 83.2 Å². The minimum Gasteiger partial charge on any atom is -0.368 e. The van der Waals surface area contributed by atoms with E-state index in [0.717, 1.165) is 47.4 Å². The number of amides is 3. The van der Waals surface area contributed by atoms with Gasteiger partial charge in [-0.25, -0.2) is 9.97 Å². The summed E-state index contributed by atoms with van der Waals surface area (Å²) in [5.41, 5.74) is 5.67. The summed E-state index contributed by atoms with van der Waals surface area (Å²) < 4.78 is 0. The number of carbonyl (C=O) groups excluding carboxylic acids is 3. The van der Waals surface area contributed by atoms with Gasteiger partial charge in [0.1, 0.15) is 0 Å². The predicted octanol–water partition coefficient (Wildman–Crippen LogP) is 3.59. The van der Waals surface area contributed by atoms with Gasteiger partial charge in [-0.1, -0.05) is 12.1 Å². The quantitative estimate of drug-likeness (QED) is 0.189. The van der Waals surface area contributed by atoms with Gasteiger partial charge in [-0.15, -0.1) is 0 Å². The first kappa shape index (κ1) is 34.8. The summed E-state index contributed by atoms with van der Waals surface area (Å²) in [6.45, 7) is 5.70. The van der Waals surface area contributed by atoms with Crippen molar-refractivity contribution >= 4 is 40.0 Å². The summed E-state index contributed by atoms with van der Waals surface area (Å²) >= 11 is 0. The molecular weight excluding hydrogens is 656 g/mol. The molecule has 5 aromatic rings. The minimum absolute atomic E-state index is 0.0609. The number of nitrogens with zero attached hydrogens (tertiary/aromatic N) is 7. The van der Waals surface area contributed by atoms with Gasteiger partial charge in [0.2, 0.25) is 11.8 Å². The number of rotatable bonds is 11. The summed E-state index contributed by atoms with van der Waals surface area (Å²) in [6.07, 6.45) is 4.17. The lowest BCUT2D eigenvalue weighted by Gasteiger charge is -2.36. The number of fused-ring (bicyclic) bond motifs is 1. The SMILES string of the molecule is CN(C)CCNC(=O)c1cccc(-c2n[nH]c3ccc(NC(=O)[C@@H]4CCN(CC(=O)N5CCN(c6ccc(-c7ncccn7)cc6)CC5)C4)cc23)c1. The van der Waals surface area contributed by atoms with Gasteiger partial charge in [0.05, 0.1) is 23.7 Å². The molecule has 2 aromatic heterocycles. The number of anilines is 2. The molecule has 0 bridgehead atoms. The Bertz CT molecular complexity index is 2020. The lowest BCUT2D eigenvalue weighted by Crippen LogP contribution is -2.51. The maximum Gasteiger partial charge on any atom is 0.251 e. The van der Waals surface area contributed by atoms with E-state index in [2.05, 4.69) is 52.7 Å². The summed E-state index contributed by atoms with van der Waals surface area (Å²) in [5, 5.41) is 14.5. The van der Waals surface area contributed by atoms with Gasteiger partial charge >= 0.3 is 0 Å². The molecular formula is C39H44N10O3. The average Bonchev–Trinajstić information content (AvgIpc) is 3.82. The van der Waals surface area contributed by atoms with Gasteiger partial charge in [-0.05, 0) is 87.7 Å². The number of aromatic amines is 1. The van der Waals surface area contributed by atoms with Crippen molar-refractivity contribution < 1.29 is 14.4 Å².